The molecule has 1 heterocycles. The standard InChI is InChI=1S/C14H16N2O/c1-3-5-10-6-4-7-12-13(10)11(8-15)9-16-14(12)17-2/h3-4,6-7,9H,1,5,8,15H2,2H3. The van der Waals surface area contributed by atoms with E-state index >= 15 is 0 Å². The lowest BCUT2D eigenvalue weighted by Crippen LogP contribution is -2.02. The van der Waals surface area contributed by atoms with E-state index in [2.05, 4.69) is 17.6 Å². The average molecular weight is 228 g/mol. The van der Waals surface area contributed by atoms with Crippen LogP contribution in [0, 0.1) is 0 Å². The summed E-state index contributed by atoms with van der Waals surface area (Å²) in [5.74, 6) is 0.642. The lowest BCUT2D eigenvalue weighted by atomic mass is 9.99. The lowest BCUT2D eigenvalue weighted by molar-refractivity contribution is 0.403. The molecule has 0 unspecified atom stereocenters. The number of hydrogen-bond acceptors (Lipinski definition) is 3. The van der Waals surface area contributed by atoms with E-state index in [4.69, 9.17) is 10.5 Å². The lowest BCUT2D eigenvalue weighted by Gasteiger charge is -2.11. The van der Waals surface area contributed by atoms with E-state index in [0.717, 1.165) is 22.8 Å². The fourth-order valence-corrected chi connectivity index (χ4v) is 2.07. The normalized spacial score (nSPS) is 10.5. The zero-order valence-electron chi connectivity index (χ0n) is 9.94. The van der Waals surface area contributed by atoms with Gasteiger partial charge >= 0.3 is 0 Å². The molecule has 17 heavy (non-hydrogen) atoms. The molecular weight excluding hydrogens is 212 g/mol. The number of ether oxygens (including phenoxy) is 1. The van der Waals surface area contributed by atoms with Gasteiger partial charge in [-0.3, -0.25) is 0 Å². The van der Waals surface area contributed by atoms with Gasteiger partial charge in [-0.2, -0.15) is 0 Å². The average Bonchev–Trinajstić information content (AvgIpc) is 2.38. The molecule has 0 bridgehead atoms. The Bertz CT molecular complexity index is 549. The van der Waals surface area contributed by atoms with Gasteiger partial charge in [-0.25, -0.2) is 4.98 Å². The molecule has 0 amide bonds. The van der Waals surface area contributed by atoms with Crippen LogP contribution in [0.15, 0.2) is 37.1 Å². The van der Waals surface area contributed by atoms with Crippen LogP contribution in [0.4, 0.5) is 0 Å². The molecule has 0 aliphatic carbocycles. The Morgan fingerprint density at radius 2 is 2.24 bits per heavy atom. The van der Waals surface area contributed by atoms with Gasteiger partial charge in [0.25, 0.3) is 0 Å². The van der Waals surface area contributed by atoms with Crippen LogP contribution in [0.1, 0.15) is 11.1 Å². The first-order valence-corrected chi connectivity index (χ1v) is 5.56. The minimum atomic E-state index is 0.474. The largest absolute Gasteiger partial charge is 0.481 e. The van der Waals surface area contributed by atoms with Crippen LogP contribution in [0.5, 0.6) is 5.88 Å². The van der Waals surface area contributed by atoms with Gasteiger partial charge in [-0.05, 0) is 29.0 Å². The van der Waals surface area contributed by atoms with E-state index in [9.17, 15) is 0 Å². The second kappa shape index (κ2) is 4.97. The van der Waals surface area contributed by atoms with Crippen molar-refractivity contribution in [3.63, 3.8) is 0 Å². The van der Waals surface area contributed by atoms with Crippen molar-refractivity contribution in [2.75, 3.05) is 7.11 Å². The Balaban J connectivity index is 2.79. The molecule has 0 saturated carbocycles. The molecular formula is C14H16N2O. The van der Waals surface area contributed by atoms with Crippen molar-refractivity contribution in [2.45, 2.75) is 13.0 Å². The Morgan fingerprint density at radius 1 is 1.41 bits per heavy atom. The predicted molar refractivity (Wildman–Crippen MR) is 70.1 cm³/mol. The first-order valence-electron chi connectivity index (χ1n) is 5.56. The van der Waals surface area contributed by atoms with Gasteiger partial charge in [-0.15, -0.1) is 6.58 Å². The molecule has 0 saturated heterocycles. The number of hydrogen-bond donors (Lipinski definition) is 1. The Labute approximate surface area is 101 Å². The monoisotopic (exact) mass is 228 g/mol. The van der Waals surface area contributed by atoms with Crippen molar-refractivity contribution < 1.29 is 4.74 Å². The molecule has 0 aliphatic rings. The third-order valence-corrected chi connectivity index (χ3v) is 2.82. The van der Waals surface area contributed by atoms with Gasteiger partial charge < -0.3 is 10.5 Å². The fraction of sp³-hybridized carbons (Fsp3) is 0.214. The van der Waals surface area contributed by atoms with E-state index in [1.54, 1.807) is 13.3 Å². The molecule has 2 rings (SSSR count). The van der Waals surface area contributed by atoms with Crippen LogP contribution >= 0.6 is 0 Å². The van der Waals surface area contributed by atoms with Crippen molar-refractivity contribution in [2.24, 2.45) is 5.73 Å². The number of aromatic nitrogens is 1. The summed E-state index contributed by atoms with van der Waals surface area (Å²) in [5, 5.41) is 2.15. The highest BCUT2D eigenvalue weighted by molar-refractivity contribution is 5.92. The zero-order chi connectivity index (χ0) is 12.3. The number of pyridine rings is 1. The Morgan fingerprint density at radius 3 is 2.88 bits per heavy atom. The Hall–Kier alpha value is -1.87. The molecule has 1 aromatic heterocycles. The summed E-state index contributed by atoms with van der Waals surface area (Å²) in [4.78, 5) is 4.27. The molecule has 0 spiro atoms. The van der Waals surface area contributed by atoms with Crippen LogP contribution in [0.25, 0.3) is 10.8 Å². The number of nitrogens with zero attached hydrogens (tertiary/aromatic N) is 1. The minimum absolute atomic E-state index is 0.474. The topological polar surface area (TPSA) is 48.1 Å². The zero-order valence-corrected chi connectivity index (χ0v) is 9.94. The van der Waals surface area contributed by atoms with Gasteiger partial charge in [0.2, 0.25) is 5.88 Å². The van der Waals surface area contributed by atoms with E-state index in [1.807, 2.05) is 18.2 Å². The van der Waals surface area contributed by atoms with Crippen molar-refractivity contribution in [3.8, 4) is 5.88 Å². The molecule has 2 aromatic rings. The van der Waals surface area contributed by atoms with E-state index in [1.165, 1.54) is 5.56 Å². The van der Waals surface area contributed by atoms with Crippen molar-refractivity contribution in [3.05, 3.63) is 48.2 Å². The summed E-state index contributed by atoms with van der Waals surface area (Å²) in [7, 11) is 1.63. The van der Waals surface area contributed by atoms with Gasteiger partial charge in [0.05, 0.1) is 7.11 Å². The number of methoxy groups -OCH3 is 1. The molecule has 0 fully saturated rings. The van der Waals surface area contributed by atoms with Gasteiger partial charge in [0, 0.05) is 18.1 Å². The van der Waals surface area contributed by atoms with Crippen LogP contribution in [0.3, 0.4) is 0 Å². The fourth-order valence-electron chi connectivity index (χ4n) is 2.07. The third-order valence-electron chi connectivity index (χ3n) is 2.82. The smallest absolute Gasteiger partial charge is 0.221 e. The molecule has 0 radical (unpaired) electrons. The Kier molecular flexibility index (Phi) is 3.40. The maximum atomic E-state index is 5.77. The number of benzene rings is 1. The van der Waals surface area contributed by atoms with E-state index < -0.39 is 0 Å². The molecule has 0 aliphatic heterocycles. The van der Waals surface area contributed by atoms with Crippen molar-refractivity contribution >= 4 is 10.8 Å². The second-order valence-corrected chi connectivity index (χ2v) is 3.83. The van der Waals surface area contributed by atoms with Crippen LogP contribution in [-0.4, -0.2) is 12.1 Å². The van der Waals surface area contributed by atoms with Crippen LogP contribution < -0.4 is 10.5 Å². The van der Waals surface area contributed by atoms with Crippen molar-refractivity contribution in [1.29, 1.82) is 0 Å². The highest BCUT2D eigenvalue weighted by Gasteiger charge is 2.09. The summed E-state index contributed by atoms with van der Waals surface area (Å²) >= 11 is 0. The first-order chi connectivity index (χ1) is 8.31. The van der Waals surface area contributed by atoms with Crippen molar-refractivity contribution in [1.82, 2.24) is 4.98 Å². The maximum absolute atomic E-state index is 5.77. The van der Waals surface area contributed by atoms with Crippen LogP contribution in [0.2, 0.25) is 0 Å². The predicted octanol–water partition coefficient (Wildman–Crippen LogP) is 2.43. The summed E-state index contributed by atoms with van der Waals surface area (Å²) in [6, 6.07) is 6.10. The summed E-state index contributed by atoms with van der Waals surface area (Å²) in [6.45, 7) is 4.26. The van der Waals surface area contributed by atoms with Crippen LogP contribution in [-0.2, 0) is 13.0 Å². The first kappa shape index (κ1) is 11.6. The highest BCUT2D eigenvalue weighted by Crippen LogP contribution is 2.29. The SMILES string of the molecule is C=CCc1cccc2c(OC)ncc(CN)c12. The third kappa shape index (κ3) is 2.01. The minimum Gasteiger partial charge on any atom is -0.481 e. The quantitative estimate of drug-likeness (QED) is 0.817. The summed E-state index contributed by atoms with van der Waals surface area (Å²) in [5.41, 5.74) is 8.01. The summed E-state index contributed by atoms with van der Waals surface area (Å²) in [6.07, 6.45) is 4.49. The number of allylic oxidation sites excluding steroid dienone is 1. The number of nitrogens with two attached hydrogens (primary N) is 1. The maximum Gasteiger partial charge on any atom is 0.221 e. The van der Waals surface area contributed by atoms with Gasteiger partial charge in [-0.1, -0.05) is 18.2 Å². The molecule has 3 heteroatoms. The molecule has 2 N–H and O–H groups in total. The molecule has 3 nitrogen and oxygen atoms in total. The highest BCUT2D eigenvalue weighted by atomic mass is 16.5. The van der Waals surface area contributed by atoms with E-state index in [0.29, 0.717) is 12.4 Å². The molecule has 0 atom stereocenters. The van der Waals surface area contributed by atoms with Gasteiger partial charge in [0.1, 0.15) is 0 Å². The second-order valence-electron chi connectivity index (χ2n) is 3.83. The molecule has 1 aromatic carbocycles. The molecule has 88 valence electrons. The van der Waals surface area contributed by atoms with E-state index in [-0.39, 0.29) is 0 Å². The van der Waals surface area contributed by atoms with Gasteiger partial charge in [0.15, 0.2) is 0 Å². The number of rotatable bonds is 4. The number of fused-ring (bicyclic) bond motifs is 1. The summed E-state index contributed by atoms with van der Waals surface area (Å²) < 4.78 is 5.28.